The van der Waals surface area contributed by atoms with Crippen molar-refractivity contribution in [1.82, 2.24) is 0 Å². The number of hydrogen-bond donors (Lipinski definition) is 2. The van der Waals surface area contributed by atoms with E-state index in [2.05, 4.69) is 5.32 Å². The SMILES string of the molecule is CC(=O)Nc1c(Cl)cc(CO)cc1Cl. The Labute approximate surface area is 91.6 Å². The summed E-state index contributed by atoms with van der Waals surface area (Å²) in [6, 6.07) is 3.11. The van der Waals surface area contributed by atoms with Crippen LogP contribution in [0.25, 0.3) is 0 Å². The molecule has 0 atom stereocenters. The minimum absolute atomic E-state index is 0.139. The minimum Gasteiger partial charge on any atom is -0.392 e. The number of aliphatic hydroxyl groups is 1. The van der Waals surface area contributed by atoms with Crippen molar-refractivity contribution in [2.75, 3.05) is 5.32 Å². The first kappa shape index (κ1) is 11.3. The lowest BCUT2D eigenvalue weighted by molar-refractivity contribution is -0.114. The van der Waals surface area contributed by atoms with E-state index in [0.29, 0.717) is 21.3 Å². The van der Waals surface area contributed by atoms with Crippen LogP contribution < -0.4 is 5.32 Å². The van der Waals surface area contributed by atoms with Crippen LogP contribution in [0, 0.1) is 0 Å². The summed E-state index contributed by atoms with van der Waals surface area (Å²) in [6.07, 6.45) is 0. The molecule has 3 nitrogen and oxygen atoms in total. The monoisotopic (exact) mass is 233 g/mol. The molecule has 1 amide bonds. The van der Waals surface area contributed by atoms with Gasteiger partial charge < -0.3 is 10.4 Å². The van der Waals surface area contributed by atoms with E-state index in [-0.39, 0.29) is 12.5 Å². The average Bonchev–Trinajstić information content (AvgIpc) is 2.10. The Bertz CT molecular complexity index is 343. The number of nitrogens with one attached hydrogen (secondary N) is 1. The zero-order chi connectivity index (χ0) is 10.7. The summed E-state index contributed by atoms with van der Waals surface area (Å²) >= 11 is 11.7. The normalized spacial score (nSPS) is 10.0. The maximum Gasteiger partial charge on any atom is 0.221 e. The van der Waals surface area contributed by atoms with Crippen LogP contribution >= 0.6 is 23.2 Å². The molecule has 1 aromatic rings. The van der Waals surface area contributed by atoms with Crippen molar-refractivity contribution in [1.29, 1.82) is 0 Å². The number of amides is 1. The smallest absolute Gasteiger partial charge is 0.221 e. The summed E-state index contributed by atoms with van der Waals surface area (Å²) in [7, 11) is 0. The second kappa shape index (κ2) is 4.64. The van der Waals surface area contributed by atoms with E-state index in [0.717, 1.165) is 0 Å². The van der Waals surface area contributed by atoms with Crippen molar-refractivity contribution in [3.8, 4) is 0 Å². The molecule has 5 heteroatoms. The Kier molecular flexibility index (Phi) is 3.75. The molecule has 2 N–H and O–H groups in total. The molecule has 0 aliphatic rings. The number of carbonyl (C=O) groups is 1. The third-order valence-electron chi connectivity index (χ3n) is 1.59. The fourth-order valence-corrected chi connectivity index (χ4v) is 1.64. The summed E-state index contributed by atoms with van der Waals surface area (Å²) in [5, 5.41) is 12.0. The van der Waals surface area contributed by atoms with E-state index < -0.39 is 0 Å². The van der Waals surface area contributed by atoms with Crippen molar-refractivity contribution in [2.24, 2.45) is 0 Å². The lowest BCUT2D eigenvalue weighted by Crippen LogP contribution is -2.07. The van der Waals surface area contributed by atoms with Crippen LogP contribution in [-0.2, 0) is 11.4 Å². The van der Waals surface area contributed by atoms with Gasteiger partial charge in [0.1, 0.15) is 0 Å². The van der Waals surface area contributed by atoms with Crippen molar-refractivity contribution in [3.63, 3.8) is 0 Å². The molecule has 1 rings (SSSR count). The van der Waals surface area contributed by atoms with Crippen molar-refractivity contribution >= 4 is 34.8 Å². The highest BCUT2D eigenvalue weighted by Crippen LogP contribution is 2.31. The van der Waals surface area contributed by atoms with Gasteiger partial charge in [-0.2, -0.15) is 0 Å². The maximum absolute atomic E-state index is 10.8. The molecule has 14 heavy (non-hydrogen) atoms. The Morgan fingerprint density at radius 3 is 2.29 bits per heavy atom. The van der Waals surface area contributed by atoms with E-state index in [1.807, 2.05) is 0 Å². The highest BCUT2D eigenvalue weighted by Gasteiger charge is 2.08. The molecule has 1 aromatic carbocycles. The summed E-state index contributed by atoms with van der Waals surface area (Å²) < 4.78 is 0. The fourth-order valence-electron chi connectivity index (χ4n) is 1.01. The van der Waals surface area contributed by atoms with Crippen LogP contribution in [-0.4, -0.2) is 11.0 Å². The third-order valence-corrected chi connectivity index (χ3v) is 2.18. The third kappa shape index (κ3) is 2.61. The second-order valence-corrected chi connectivity index (χ2v) is 3.59. The molecule has 0 saturated heterocycles. The number of hydrogen-bond acceptors (Lipinski definition) is 2. The van der Waals surface area contributed by atoms with Crippen molar-refractivity contribution in [3.05, 3.63) is 27.7 Å². The van der Waals surface area contributed by atoms with Crippen molar-refractivity contribution < 1.29 is 9.90 Å². The van der Waals surface area contributed by atoms with E-state index in [9.17, 15) is 4.79 Å². The van der Waals surface area contributed by atoms with Gasteiger partial charge in [0.25, 0.3) is 0 Å². The fraction of sp³-hybridized carbons (Fsp3) is 0.222. The zero-order valence-electron chi connectivity index (χ0n) is 7.47. The highest BCUT2D eigenvalue weighted by atomic mass is 35.5. The summed E-state index contributed by atoms with van der Waals surface area (Å²) in [6.45, 7) is 1.23. The van der Waals surface area contributed by atoms with Crippen LogP contribution in [0.3, 0.4) is 0 Å². The molecule has 0 radical (unpaired) electrons. The number of anilines is 1. The Hall–Kier alpha value is -0.770. The van der Waals surface area contributed by atoms with Crippen LogP contribution in [0.2, 0.25) is 10.0 Å². The molecule has 0 spiro atoms. The van der Waals surface area contributed by atoms with Crippen molar-refractivity contribution in [2.45, 2.75) is 13.5 Å². The number of rotatable bonds is 2. The minimum atomic E-state index is -0.245. The highest BCUT2D eigenvalue weighted by molar-refractivity contribution is 6.39. The first-order chi connectivity index (χ1) is 6.54. The number of aliphatic hydroxyl groups excluding tert-OH is 1. The maximum atomic E-state index is 10.8. The van der Waals surface area contributed by atoms with Crippen LogP contribution in [0.15, 0.2) is 12.1 Å². The zero-order valence-corrected chi connectivity index (χ0v) is 8.99. The number of carbonyl (C=O) groups excluding carboxylic acids is 1. The van der Waals surface area contributed by atoms with Gasteiger partial charge in [0, 0.05) is 6.92 Å². The van der Waals surface area contributed by atoms with E-state index in [4.69, 9.17) is 28.3 Å². The van der Waals surface area contributed by atoms with Gasteiger partial charge in [0.05, 0.1) is 22.3 Å². The van der Waals surface area contributed by atoms with Crippen LogP contribution in [0.5, 0.6) is 0 Å². The predicted octanol–water partition coefficient (Wildman–Crippen LogP) is 2.44. The Morgan fingerprint density at radius 2 is 1.93 bits per heavy atom. The molecule has 0 unspecified atom stereocenters. The van der Waals surface area contributed by atoms with Gasteiger partial charge >= 0.3 is 0 Å². The molecule has 0 bridgehead atoms. The van der Waals surface area contributed by atoms with Gasteiger partial charge in [-0.25, -0.2) is 0 Å². The molecular weight excluding hydrogens is 225 g/mol. The largest absolute Gasteiger partial charge is 0.392 e. The lowest BCUT2D eigenvalue weighted by atomic mass is 10.2. The molecule has 0 aliphatic carbocycles. The van der Waals surface area contributed by atoms with E-state index in [1.54, 1.807) is 12.1 Å². The van der Waals surface area contributed by atoms with Gasteiger partial charge in [0.15, 0.2) is 0 Å². The standard InChI is InChI=1S/C9H9Cl2NO2/c1-5(14)12-9-7(10)2-6(4-13)3-8(9)11/h2-3,13H,4H2,1H3,(H,12,14). The van der Waals surface area contributed by atoms with Gasteiger partial charge in [-0.05, 0) is 17.7 Å². The average molecular weight is 234 g/mol. The molecule has 0 fully saturated rings. The van der Waals surface area contributed by atoms with E-state index in [1.165, 1.54) is 6.92 Å². The summed E-state index contributed by atoms with van der Waals surface area (Å²) in [4.78, 5) is 10.8. The molecule has 0 aromatic heterocycles. The number of benzene rings is 1. The Morgan fingerprint density at radius 1 is 1.43 bits per heavy atom. The topological polar surface area (TPSA) is 49.3 Å². The second-order valence-electron chi connectivity index (χ2n) is 2.77. The molecule has 0 heterocycles. The van der Waals surface area contributed by atoms with Gasteiger partial charge in [-0.3, -0.25) is 4.79 Å². The quantitative estimate of drug-likeness (QED) is 0.825. The molecule has 76 valence electrons. The van der Waals surface area contributed by atoms with Gasteiger partial charge in [0.2, 0.25) is 5.91 Å². The Balaban J connectivity index is 3.11. The molecule has 0 aliphatic heterocycles. The molecule has 0 saturated carbocycles. The number of halogens is 2. The summed E-state index contributed by atoms with van der Waals surface area (Å²) in [5.41, 5.74) is 0.979. The molecular formula is C9H9Cl2NO2. The van der Waals surface area contributed by atoms with Gasteiger partial charge in [-0.15, -0.1) is 0 Å². The van der Waals surface area contributed by atoms with Gasteiger partial charge in [-0.1, -0.05) is 23.2 Å². The summed E-state index contributed by atoms with van der Waals surface area (Å²) in [5.74, 6) is -0.245. The van der Waals surface area contributed by atoms with Crippen LogP contribution in [0.4, 0.5) is 5.69 Å². The lowest BCUT2D eigenvalue weighted by Gasteiger charge is -2.08. The first-order valence-corrected chi connectivity index (χ1v) is 4.66. The predicted molar refractivity (Wildman–Crippen MR) is 56.7 cm³/mol. The van der Waals surface area contributed by atoms with Crippen LogP contribution in [0.1, 0.15) is 12.5 Å². The first-order valence-electron chi connectivity index (χ1n) is 3.91. The van der Waals surface area contributed by atoms with E-state index >= 15 is 0 Å².